The largest absolute Gasteiger partial charge is 0.493 e. The summed E-state index contributed by atoms with van der Waals surface area (Å²) in [6.07, 6.45) is -0.725. The molecule has 0 aliphatic heterocycles. The van der Waals surface area contributed by atoms with Crippen LogP contribution in [0.4, 0.5) is 29.3 Å². The molecule has 5 N–H and O–H groups in total. The van der Waals surface area contributed by atoms with E-state index in [0.717, 1.165) is 6.07 Å². The summed E-state index contributed by atoms with van der Waals surface area (Å²) in [7, 11) is 2.74. The van der Waals surface area contributed by atoms with Crippen LogP contribution in [0, 0.1) is 5.82 Å². The van der Waals surface area contributed by atoms with Gasteiger partial charge in [0.1, 0.15) is 18.2 Å². The number of hydrogen-bond acceptors (Lipinski definition) is 9. The molecule has 216 valence electrons. The van der Waals surface area contributed by atoms with E-state index >= 15 is 4.39 Å². The lowest BCUT2D eigenvalue weighted by molar-refractivity contribution is -0.137. The van der Waals surface area contributed by atoms with Crippen molar-refractivity contribution in [1.29, 1.82) is 0 Å². The van der Waals surface area contributed by atoms with Gasteiger partial charge in [0.25, 0.3) is 0 Å². The molecule has 15 heteroatoms. The van der Waals surface area contributed by atoms with Crippen LogP contribution in [0.2, 0.25) is 0 Å². The number of anilines is 2. The van der Waals surface area contributed by atoms with E-state index in [1.54, 1.807) is 13.0 Å². The molecule has 0 aliphatic carbocycles. The maximum absolute atomic E-state index is 15.4. The molecule has 3 heterocycles. The molecule has 0 unspecified atom stereocenters. The summed E-state index contributed by atoms with van der Waals surface area (Å²) in [5.74, 6) is -1.09. The van der Waals surface area contributed by atoms with E-state index in [0.29, 0.717) is 24.0 Å². The Morgan fingerprint density at radius 2 is 1.93 bits per heavy atom. The van der Waals surface area contributed by atoms with E-state index in [-0.39, 0.29) is 58.6 Å². The topological polar surface area (TPSA) is 153 Å². The van der Waals surface area contributed by atoms with Crippen molar-refractivity contribution < 1.29 is 31.8 Å². The van der Waals surface area contributed by atoms with Crippen molar-refractivity contribution in [2.24, 2.45) is 0 Å². The Morgan fingerprint density at radius 3 is 2.63 bits per heavy atom. The molecule has 0 saturated heterocycles. The van der Waals surface area contributed by atoms with Crippen LogP contribution in [0.3, 0.4) is 0 Å². The molecule has 1 aromatic carbocycles. The summed E-state index contributed by atoms with van der Waals surface area (Å²) < 4.78 is 66.0. The molecule has 3 aromatic heterocycles. The molecule has 4 aromatic rings. The van der Waals surface area contributed by atoms with Gasteiger partial charge >= 0.3 is 6.18 Å². The number of aromatic amines is 1. The third-order valence-corrected chi connectivity index (χ3v) is 5.82. The summed E-state index contributed by atoms with van der Waals surface area (Å²) >= 11 is 0. The van der Waals surface area contributed by atoms with Crippen LogP contribution in [0.15, 0.2) is 42.9 Å². The molecule has 0 radical (unpaired) electrons. The Labute approximate surface area is 231 Å². The third-order valence-electron chi connectivity index (χ3n) is 5.82. The van der Waals surface area contributed by atoms with Gasteiger partial charge in [0, 0.05) is 37.7 Å². The first-order valence-electron chi connectivity index (χ1n) is 12.1. The summed E-state index contributed by atoms with van der Waals surface area (Å²) in [6.45, 7) is 2.03. The zero-order valence-electron chi connectivity index (χ0n) is 22.1. The highest BCUT2D eigenvalue weighted by Crippen LogP contribution is 2.40. The van der Waals surface area contributed by atoms with Crippen molar-refractivity contribution in [3.05, 3.63) is 54.2 Å². The van der Waals surface area contributed by atoms with Crippen molar-refractivity contribution in [2.45, 2.75) is 19.1 Å². The van der Waals surface area contributed by atoms with Gasteiger partial charge in [-0.3, -0.25) is 4.79 Å². The Morgan fingerprint density at radius 1 is 1.15 bits per heavy atom. The first kappa shape index (κ1) is 29.2. The fraction of sp³-hybridized carbons (Fsp3) is 0.269. The number of hydrogen-bond donors (Lipinski definition) is 4. The molecule has 0 spiro atoms. The molecular weight excluding hydrogens is 548 g/mol. The van der Waals surface area contributed by atoms with E-state index in [2.05, 4.69) is 35.6 Å². The third kappa shape index (κ3) is 6.87. The normalized spacial score (nSPS) is 12.2. The van der Waals surface area contributed by atoms with Gasteiger partial charge in [-0.15, -0.1) is 0 Å². The van der Waals surface area contributed by atoms with Gasteiger partial charge in [0.05, 0.1) is 35.8 Å². The maximum Gasteiger partial charge on any atom is 0.416 e. The van der Waals surface area contributed by atoms with E-state index in [1.807, 2.05) is 0 Å². The number of nitrogen functional groups attached to an aromatic ring is 1. The number of alkyl halides is 3. The van der Waals surface area contributed by atoms with Gasteiger partial charge in [-0.25, -0.2) is 24.3 Å². The first-order valence-corrected chi connectivity index (χ1v) is 12.1. The van der Waals surface area contributed by atoms with Crippen molar-refractivity contribution >= 4 is 17.7 Å². The standard InChI is InChI=1S/C26H26F4N8O3/c1-13(36-21(39)12-40-2)9-35-25-32-5-4-18(38-25)19-11-34-24(37-19)22-16(7-15(8-17(22)27)26(28,29)30)14-6-20(41-3)23(31)33-10-14/h4-8,10-11,13H,9,12H2,1-3H3,(H2,31,33)(H,34,37)(H,36,39)(H,32,35,38)/t13-/m0/s1. The Hall–Kier alpha value is -4.79. The molecule has 41 heavy (non-hydrogen) atoms. The summed E-state index contributed by atoms with van der Waals surface area (Å²) in [4.78, 5) is 31.3. The van der Waals surface area contributed by atoms with Crippen molar-refractivity contribution in [2.75, 3.05) is 38.4 Å². The average Bonchev–Trinajstić information content (AvgIpc) is 3.41. The lowest BCUT2D eigenvalue weighted by Gasteiger charge is -2.15. The number of nitrogens with zero attached hydrogens (tertiary/aromatic N) is 4. The van der Waals surface area contributed by atoms with Crippen LogP contribution >= 0.6 is 0 Å². The predicted molar refractivity (Wildman–Crippen MR) is 142 cm³/mol. The predicted octanol–water partition coefficient (Wildman–Crippen LogP) is 3.91. The number of nitrogens with one attached hydrogen (secondary N) is 3. The number of pyridine rings is 1. The van der Waals surface area contributed by atoms with Crippen molar-refractivity contribution in [1.82, 2.24) is 30.2 Å². The first-order chi connectivity index (χ1) is 19.5. The zero-order valence-corrected chi connectivity index (χ0v) is 22.1. The van der Waals surface area contributed by atoms with Crippen LogP contribution in [0.5, 0.6) is 5.75 Å². The lowest BCUT2D eigenvalue weighted by atomic mass is 9.96. The number of nitrogens with two attached hydrogens (primary N) is 1. The number of H-pyrrole nitrogens is 1. The van der Waals surface area contributed by atoms with Gasteiger partial charge in [0.15, 0.2) is 11.6 Å². The van der Waals surface area contributed by atoms with Gasteiger partial charge in [0.2, 0.25) is 11.9 Å². The van der Waals surface area contributed by atoms with E-state index in [4.69, 9.17) is 15.2 Å². The fourth-order valence-corrected chi connectivity index (χ4v) is 3.92. The van der Waals surface area contributed by atoms with Gasteiger partial charge in [-0.1, -0.05) is 0 Å². The van der Waals surface area contributed by atoms with Crippen LogP contribution in [-0.2, 0) is 15.7 Å². The molecule has 0 fully saturated rings. The number of ether oxygens (including phenoxy) is 2. The van der Waals surface area contributed by atoms with E-state index in [1.165, 1.54) is 38.9 Å². The highest BCUT2D eigenvalue weighted by atomic mass is 19.4. The number of amides is 1. The molecule has 1 amide bonds. The second kappa shape index (κ2) is 12.2. The smallest absolute Gasteiger partial charge is 0.416 e. The SMILES string of the molecule is COCC(=O)N[C@@H](C)CNc1nccc(-c2cnc(-c3c(F)cc(C(F)(F)F)cc3-c3cnc(N)c(OC)c3)[nH]2)n1. The molecular formula is C26H26F4N8O3. The fourth-order valence-electron chi connectivity index (χ4n) is 3.92. The molecule has 11 nitrogen and oxygen atoms in total. The second-order valence-electron chi connectivity index (χ2n) is 8.88. The Balaban J connectivity index is 1.67. The number of halogens is 4. The number of rotatable bonds is 10. The summed E-state index contributed by atoms with van der Waals surface area (Å²) in [5.41, 5.74) is 5.09. The minimum atomic E-state index is -4.80. The van der Waals surface area contributed by atoms with Crippen molar-refractivity contribution in [3.63, 3.8) is 0 Å². The van der Waals surface area contributed by atoms with Gasteiger partial charge in [-0.05, 0) is 36.8 Å². The molecule has 1 atom stereocenters. The minimum absolute atomic E-state index is 0.0189. The Kier molecular flexibility index (Phi) is 8.66. The molecule has 0 bridgehead atoms. The summed E-state index contributed by atoms with van der Waals surface area (Å²) in [6, 6.07) is 3.90. The maximum atomic E-state index is 15.4. The second-order valence-corrected chi connectivity index (χ2v) is 8.88. The van der Waals surface area contributed by atoms with Crippen LogP contribution in [0.1, 0.15) is 12.5 Å². The monoisotopic (exact) mass is 574 g/mol. The summed E-state index contributed by atoms with van der Waals surface area (Å²) in [5, 5.41) is 5.75. The minimum Gasteiger partial charge on any atom is -0.493 e. The molecule has 4 rings (SSSR count). The lowest BCUT2D eigenvalue weighted by Crippen LogP contribution is -2.39. The highest BCUT2D eigenvalue weighted by molar-refractivity contribution is 5.83. The number of methoxy groups -OCH3 is 2. The Bertz CT molecular complexity index is 1540. The van der Waals surface area contributed by atoms with E-state index in [9.17, 15) is 18.0 Å². The van der Waals surface area contributed by atoms with Gasteiger partial charge < -0.3 is 30.8 Å². The molecule has 0 saturated carbocycles. The van der Waals surface area contributed by atoms with Crippen LogP contribution < -0.4 is 21.1 Å². The number of benzene rings is 1. The van der Waals surface area contributed by atoms with Gasteiger partial charge in [-0.2, -0.15) is 13.2 Å². The average molecular weight is 575 g/mol. The molecule has 0 aliphatic rings. The quantitative estimate of drug-likeness (QED) is 0.207. The number of imidazole rings is 1. The highest BCUT2D eigenvalue weighted by Gasteiger charge is 2.33. The zero-order chi connectivity index (χ0) is 29.7. The number of aromatic nitrogens is 5. The van der Waals surface area contributed by atoms with E-state index < -0.39 is 17.6 Å². The van der Waals surface area contributed by atoms with Crippen molar-refractivity contribution in [3.8, 4) is 39.7 Å². The van der Waals surface area contributed by atoms with Crippen LogP contribution in [0.25, 0.3) is 33.9 Å². The number of carbonyl (C=O) groups is 1. The number of carbonyl (C=O) groups excluding carboxylic acids is 1. The van der Waals surface area contributed by atoms with Crippen LogP contribution in [-0.4, -0.2) is 64.2 Å².